The minimum atomic E-state index is -0.445. The number of hydrogen-bond donors (Lipinski definition) is 0. The molecule has 0 radical (unpaired) electrons. The molecular formula is C7H10N4O4S. The maximum Gasteiger partial charge on any atom is 0.301 e. The highest BCUT2D eigenvalue weighted by molar-refractivity contribution is 8.03. The van der Waals surface area contributed by atoms with Crippen molar-refractivity contribution in [2.45, 2.75) is 11.8 Å². The van der Waals surface area contributed by atoms with Gasteiger partial charge in [-0.2, -0.15) is 5.11 Å². The lowest BCUT2D eigenvalue weighted by atomic mass is 10.4. The molecule has 8 nitrogen and oxygen atoms in total. The Hall–Kier alpha value is -1.64. The zero-order chi connectivity index (χ0) is 12.0. The van der Waals surface area contributed by atoms with Crippen LogP contribution in [0.25, 0.3) is 0 Å². The van der Waals surface area contributed by atoms with Gasteiger partial charge in [0.2, 0.25) is 0 Å². The van der Waals surface area contributed by atoms with Gasteiger partial charge < -0.3 is 4.74 Å². The van der Waals surface area contributed by atoms with Gasteiger partial charge in [-0.25, -0.2) is 5.01 Å². The Morgan fingerprint density at radius 1 is 1.88 bits per heavy atom. The van der Waals surface area contributed by atoms with Crippen molar-refractivity contribution >= 4 is 18.2 Å². The summed E-state index contributed by atoms with van der Waals surface area (Å²) in [4.78, 5) is 19.8. The molecule has 0 aromatic rings. The van der Waals surface area contributed by atoms with E-state index in [1.165, 1.54) is 11.1 Å². The molecule has 0 fully saturated rings. The maximum absolute atomic E-state index is 10.4. The predicted octanol–water partition coefficient (Wildman–Crippen LogP) is 0.997. The second-order valence-electron chi connectivity index (χ2n) is 2.86. The highest BCUT2D eigenvalue weighted by Gasteiger charge is 2.25. The fraction of sp³-hybridized carbons (Fsp3) is 0.571. The molecule has 0 N–H and O–H groups in total. The van der Waals surface area contributed by atoms with Crippen molar-refractivity contribution in [2.24, 2.45) is 10.3 Å². The van der Waals surface area contributed by atoms with Gasteiger partial charge in [-0.1, -0.05) is 5.22 Å². The molecule has 1 unspecified atom stereocenters. The average Bonchev–Trinajstić information content (AvgIpc) is 2.72. The van der Waals surface area contributed by atoms with Crippen molar-refractivity contribution in [1.82, 2.24) is 5.01 Å². The highest BCUT2D eigenvalue weighted by atomic mass is 32.2. The Morgan fingerprint density at radius 2 is 2.62 bits per heavy atom. The van der Waals surface area contributed by atoms with E-state index in [-0.39, 0.29) is 17.1 Å². The van der Waals surface area contributed by atoms with Gasteiger partial charge in [-0.05, 0) is 11.8 Å². The second-order valence-corrected chi connectivity index (χ2v) is 4.06. The minimum absolute atomic E-state index is 0.0000908. The summed E-state index contributed by atoms with van der Waals surface area (Å²) < 4.78 is 4.43. The molecule has 0 aromatic carbocycles. The molecule has 1 heterocycles. The van der Waals surface area contributed by atoms with Crippen molar-refractivity contribution in [2.75, 3.05) is 13.8 Å². The van der Waals surface area contributed by atoms with Gasteiger partial charge in [0.05, 0.1) is 4.92 Å². The summed E-state index contributed by atoms with van der Waals surface area (Å²) in [5.41, 5.74) is 0. The molecule has 0 bridgehead atoms. The van der Waals surface area contributed by atoms with Crippen LogP contribution >= 0.6 is 11.8 Å². The Kier molecular flexibility index (Phi) is 4.70. The minimum Gasteiger partial charge on any atom is -0.445 e. The largest absolute Gasteiger partial charge is 0.445 e. The standard InChI is InChI=1S/C7H10N4O4S/c1-10(4-15-5-12)9-8-6-2-3-7(16-6)11(13)14/h3,5-6H,2,4H2,1H3/b9-8+. The third kappa shape index (κ3) is 3.85. The summed E-state index contributed by atoms with van der Waals surface area (Å²) in [6.45, 7) is 0.308. The van der Waals surface area contributed by atoms with Crippen LogP contribution in [0.1, 0.15) is 6.42 Å². The van der Waals surface area contributed by atoms with Crippen LogP contribution in [0, 0.1) is 10.1 Å². The van der Waals surface area contributed by atoms with Gasteiger partial charge in [0, 0.05) is 19.5 Å². The van der Waals surface area contributed by atoms with Gasteiger partial charge in [-0.15, -0.1) is 0 Å². The van der Waals surface area contributed by atoms with E-state index in [1.807, 2.05) is 0 Å². The molecule has 0 aromatic heterocycles. The van der Waals surface area contributed by atoms with Crippen LogP contribution < -0.4 is 0 Å². The van der Waals surface area contributed by atoms with E-state index in [2.05, 4.69) is 15.1 Å². The molecule has 1 rings (SSSR count). The number of hydrogen-bond acceptors (Lipinski definition) is 7. The topological polar surface area (TPSA) is 97.4 Å². The summed E-state index contributed by atoms with van der Waals surface area (Å²) in [6, 6.07) is 0. The number of carbonyl (C=O) groups excluding carboxylic acids is 1. The molecule has 0 amide bonds. The lowest BCUT2D eigenvalue weighted by Gasteiger charge is -2.09. The molecule has 9 heteroatoms. The van der Waals surface area contributed by atoms with Crippen LogP contribution in [0.2, 0.25) is 0 Å². The first-order valence-corrected chi connectivity index (χ1v) is 5.20. The van der Waals surface area contributed by atoms with E-state index in [4.69, 9.17) is 0 Å². The summed E-state index contributed by atoms with van der Waals surface area (Å²) in [5, 5.41) is 19.1. The average molecular weight is 246 g/mol. The Morgan fingerprint density at radius 3 is 3.19 bits per heavy atom. The van der Waals surface area contributed by atoms with Crippen LogP contribution in [0.4, 0.5) is 0 Å². The smallest absolute Gasteiger partial charge is 0.301 e. The number of rotatable bonds is 6. The maximum atomic E-state index is 10.4. The Bertz CT molecular complexity index is 332. The second kappa shape index (κ2) is 6.05. The number of thioether (sulfide) groups is 1. The third-order valence-electron chi connectivity index (χ3n) is 1.59. The predicted molar refractivity (Wildman–Crippen MR) is 55.7 cm³/mol. The molecule has 88 valence electrons. The molecule has 1 aliphatic heterocycles. The van der Waals surface area contributed by atoms with E-state index < -0.39 is 4.92 Å². The van der Waals surface area contributed by atoms with Gasteiger partial charge in [-0.3, -0.25) is 14.9 Å². The summed E-state index contributed by atoms with van der Waals surface area (Å²) in [5.74, 6) is 0. The van der Waals surface area contributed by atoms with E-state index in [1.54, 1.807) is 7.05 Å². The van der Waals surface area contributed by atoms with Crippen molar-refractivity contribution in [3.8, 4) is 0 Å². The van der Waals surface area contributed by atoms with Crippen LogP contribution in [-0.2, 0) is 9.53 Å². The first kappa shape index (κ1) is 12.4. The first-order chi connectivity index (χ1) is 7.63. The van der Waals surface area contributed by atoms with E-state index in [9.17, 15) is 14.9 Å². The fourth-order valence-electron chi connectivity index (χ4n) is 0.935. The van der Waals surface area contributed by atoms with Crippen molar-refractivity contribution in [3.05, 3.63) is 21.2 Å². The Labute approximate surface area is 95.5 Å². The van der Waals surface area contributed by atoms with Crippen LogP contribution in [0.15, 0.2) is 21.4 Å². The molecule has 0 saturated carbocycles. The summed E-state index contributed by atoms with van der Waals surface area (Å²) in [6.07, 6.45) is 1.99. The van der Waals surface area contributed by atoms with Crippen LogP contribution in [0.5, 0.6) is 0 Å². The lowest BCUT2D eigenvalue weighted by Crippen LogP contribution is -2.14. The molecule has 0 aliphatic carbocycles. The molecule has 16 heavy (non-hydrogen) atoms. The number of nitro groups is 1. The highest BCUT2D eigenvalue weighted by Crippen LogP contribution is 2.33. The lowest BCUT2D eigenvalue weighted by molar-refractivity contribution is -0.410. The quantitative estimate of drug-likeness (QED) is 0.228. The Balaban J connectivity index is 2.32. The number of carbonyl (C=O) groups is 1. The molecular weight excluding hydrogens is 236 g/mol. The number of nitrogens with zero attached hydrogens (tertiary/aromatic N) is 4. The van der Waals surface area contributed by atoms with Crippen molar-refractivity contribution in [1.29, 1.82) is 0 Å². The zero-order valence-corrected chi connectivity index (χ0v) is 9.29. The SMILES string of the molecule is CN(COC=O)/N=N/C1CC=C([N+](=O)[O-])S1. The molecule has 1 aliphatic rings. The van der Waals surface area contributed by atoms with Gasteiger partial charge in [0.1, 0.15) is 5.37 Å². The van der Waals surface area contributed by atoms with E-state index in [0.29, 0.717) is 12.9 Å². The van der Waals surface area contributed by atoms with Gasteiger partial charge in [0.15, 0.2) is 6.73 Å². The monoisotopic (exact) mass is 246 g/mol. The molecule has 0 spiro atoms. The normalized spacial score (nSPS) is 19.6. The summed E-state index contributed by atoms with van der Waals surface area (Å²) in [7, 11) is 1.58. The fourth-order valence-corrected chi connectivity index (χ4v) is 1.77. The van der Waals surface area contributed by atoms with Crippen LogP contribution in [-0.4, -0.2) is 35.6 Å². The zero-order valence-electron chi connectivity index (χ0n) is 8.48. The molecule has 0 saturated heterocycles. The van der Waals surface area contributed by atoms with Crippen molar-refractivity contribution in [3.63, 3.8) is 0 Å². The van der Waals surface area contributed by atoms with Crippen molar-refractivity contribution < 1.29 is 14.5 Å². The molecule has 1 atom stereocenters. The van der Waals surface area contributed by atoms with E-state index >= 15 is 0 Å². The van der Waals surface area contributed by atoms with Crippen LogP contribution in [0.3, 0.4) is 0 Å². The number of ether oxygens (including phenoxy) is 1. The van der Waals surface area contributed by atoms with E-state index in [0.717, 1.165) is 11.8 Å². The van der Waals surface area contributed by atoms with Gasteiger partial charge in [0.25, 0.3) is 6.47 Å². The first-order valence-electron chi connectivity index (χ1n) is 4.32. The van der Waals surface area contributed by atoms with Gasteiger partial charge >= 0.3 is 5.03 Å². The third-order valence-corrected chi connectivity index (χ3v) is 2.71. The summed E-state index contributed by atoms with van der Waals surface area (Å²) >= 11 is 1.05.